The van der Waals surface area contributed by atoms with Gasteiger partial charge in [0.15, 0.2) is 0 Å². The molecule has 7 heteroatoms. The van der Waals surface area contributed by atoms with E-state index >= 15 is 0 Å². The fourth-order valence-electron chi connectivity index (χ4n) is 1.55. The molecule has 6 nitrogen and oxygen atoms in total. The Morgan fingerprint density at radius 3 is 2.21 bits per heavy atom. The van der Waals surface area contributed by atoms with Gasteiger partial charge in [0.1, 0.15) is 13.2 Å². The standard InChI is InChI=1S/C12H24N2O4.Ti/c1-5-6-12(4,7-17-10(13)15)8-18-11(16)14-9(2)3;/h9H,5-8H2,1-4H3,(H2,13,15)(H,14,16);. The molecule has 0 bridgehead atoms. The molecule has 0 aromatic heterocycles. The molecule has 0 aliphatic heterocycles. The van der Waals surface area contributed by atoms with Crippen molar-refractivity contribution in [2.75, 3.05) is 13.2 Å². The van der Waals surface area contributed by atoms with Crippen LogP contribution in [0.5, 0.6) is 0 Å². The normalized spacial score (nSPS) is 13.1. The summed E-state index contributed by atoms with van der Waals surface area (Å²) in [6, 6.07) is 0.0248. The van der Waals surface area contributed by atoms with Gasteiger partial charge in [-0.3, -0.25) is 0 Å². The van der Waals surface area contributed by atoms with Crippen molar-refractivity contribution >= 4 is 12.2 Å². The molecular formula is C12H24N2O4Ti. The molecule has 0 fully saturated rings. The first-order valence-corrected chi connectivity index (χ1v) is 6.14. The SMILES string of the molecule is CCCC(C)(COC(N)=O)COC(=O)NC(C)C.[Ti]. The van der Waals surface area contributed by atoms with Gasteiger partial charge >= 0.3 is 12.2 Å². The predicted molar refractivity (Wildman–Crippen MR) is 68.2 cm³/mol. The van der Waals surface area contributed by atoms with Crippen LogP contribution in [0.2, 0.25) is 0 Å². The van der Waals surface area contributed by atoms with Crippen molar-refractivity contribution in [2.24, 2.45) is 11.1 Å². The van der Waals surface area contributed by atoms with Crippen LogP contribution in [0.15, 0.2) is 0 Å². The van der Waals surface area contributed by atoms with Crippen molar-refractivity contribution in [3.8, 4) is 0 Å². The number of hydrogen-bond donors (Lipinski definition) is 2. The summed E-state index contributed by atoms with van der Waals surface area (Å²) in [5, 5.41) is 2.63. The summed E-state index contributed by atoms with van der Waals surface area (Å²) in [5.74, 6) is 0. The van der Waals surface area contributed by atoms with Crippen LogP contribution in [0.1, 0.15) is 40.5 Å². The predicted octanol–water partition coefficient (Wildman–Crippen LogP) is 2.02. The minimum atomic E-state index is -0.816. The number of hydrogen-bond acceptors (Lipinski definition) is 4. The summed E-state index contributed by atoms with van der Waals surface area (Å²) in [4.78, 5) is 22.0. The van der Waals surface area contributed by atoms with Gasteiger partial charge in [0.25, 0.3) is 0 Å². The maximum absolute atomic E-state index is 11.4. The number of alkyl carbamates (subject to hydrolysis) is 1. The second-order valence-corrected chi connectivity index (χ2v) is 5.04. The van der Waals surface area contributed by atoms with Crippen LogP contribution in [-0.2, 0) is 31.2 Å². The summed E-state index contributed by atoms with van der Waals surface area (Å²) in [6.07, 6.45) is 0.388. The molecule has 19 heavy (non-hydrogen) atoms. The second kappa shape index (κ2) is 10.1. The quantitative estimate of drug-likeness (QED) is 0.704. The molecule has 0 spiro atoms. The number of carbonyl (C=O) groups is 2. The Balaban J connectivity index is 0. The average Bonchev–Trinajstić information content (AvgIpc) is 2.24. The molecule has 0 rings (SSSR count). The molecule has 0 heterocycles. The molecular weight excluding hydrogens is 284 g/mol. The van der Waals surface area contributed by atoms with Crippen LogP contribution in [0, 0.1) is 5.41 Å². The Labute approximate surface area is 129 Å². The molecule has 1 unspecified atom stereocenters. The van der Waals surface area contributed by atoms with Crippen LogP contribution >= 0.6 is 0 Å². The van der Waals surface area contributed by atoms with Crippen LogP contribution in [0.25, 0.3) is 0 Å². The van der Waals surface area contributed by atoms with E-state index in [0.717, 1.165) is 12.8 Å². The van der Waals surface area contributed by atoms with E-state index in [-0.39, 0.29) is 41.0 Å². The van der Waals surface area contributed by atoms with Gasteiger partial charge < -0.3 is 20.5 Å². The molecule has 2 amide bonds. The van der Waals surface area contributed by atoms with Crippen molar-refractivity contribution in [3.05, 3.63) is 0 Å². The minimum Gasteiger partial charge on any atom is -0.449 e. The van der Waals surface area contributed by atoms with Crippen LogP contribution in [0.4, 0.5) is 9.59 Å². The smallest absolute Gasteiger partial charge is 0.407 e. The molecule has 110 valence electrons. The Kier molecular flexibility index (Phi) is 10.9. The first-order valence-electron chi connectivity index (χ1n) is 6.14. The van der Waals surface area contributed by atoms with E-state index < -0.39 is 17.6 Å². The fourth-order valence-corrected chi connectivity index (χ4v) is 1.55. The largest absolute Gasteiger partial charge is 0.449 e. The maximum atomic E-state index is 11.4. The first kappa shape index (κ1) is 20.6. The van der Waals surface area contributed by atoms with E-state index in [1.54, 1.807) is 0 Å². The third-order valence-electron chi connectivity index (χ3n) is 2.37. The summed E-state index contributed by atoms with van der Waals surface area (Å²) < 4.78 is 9.92. The third-order valence-corrected chi connectivity index (χ3v) is 2.37. The van der Waals surface area contributed by atoms with Crippen LogP contribution < -0.4 is 11.1 Å². The number of ether oxygens (including phenoxy) is 2. The summed E-state index contributed by atoms with van der Waals surface area (Å²) in [5.41, 5.74) is 4.53. The van der Waals surface area contributed by atoms with Gasteiger partial charge in [-0.1, -0.05) is 20.3 Å². The topological polar surface area (TPSA) is 90.7 Å². The van der Waals surface area contributed by atoms with E-state index in [4.69, 9.17) is 15.2 Å². The molecule has 3 N–H and O–H groups in total. The average molecular weight is 308 g/mol. The van der Waals surface area contributed by atoms with Crippen molar-refractivity contribution in [1.82, 2.24) is 5.32 Å². The number of nitrogens with two attached hydrogens (primary N) is 1. The molecule has 0 radical (unpaired) electrons. The van der Waals surface area contributed by atoms with E-state index in [9.17, 15) is 9.59 Å². The van der Waals surface area contributed by atoms with Gasteiger partial charge in [-0.2, -0.15) is 0 Å². The number of primary amides is 1. The maximum Gasteiger partial charge on any atom is 0.407 e. The van der Waals surface area contributed by atoms with E-state index in [2.05, 4.69) is 5.32 Å². The second-order valence-electron chi connectivity index (χ2n) is 5.04. The van der Waals surface area contributed by atoms with Crippen LogP contribution in [0.3, 0.4) is 0 Å². The summed E-state index contributed by atoms with van der Waals surface area (Å²) >= 11 is 0. The Morgan fingerprint density at radius 1 is 1.26 bits per heavy atom. The molecule has 0 aliphatic carbocycles. The van der Waals surface area contributed by atoms with E-state index in [1.807, 2.05) is 27.7 Å². The number of nitrogens with one attached hydrogen (secondary N) is 1. The number of amides is 2. The Hall–Kier alpha value is -0.746. The van der Waals surface area contributed by atoms with Gasteiger partial charge in [-0.05, 0) is 20.3 Å². The fraction of sp³-hybridized carbons (Fsp3) is 0.833. The zero-order valence-electron chi connectivity index (χ0n) is 12.1. The molecule has 1 atom stereocenters. The molecule has 0 saturated carbocycles. The molecule has 0 saturated heterocycles. The third kappa shape index (κ3) is 10.8. The van der Waals surface area contributed by atoms with Gasteiger partial charge in [0, 0.05) is 33.2 Å². The number of carbonyl (C=O) groups excluding carboxylic acids is 2. The summed E-state index contributed by atoms with van der Waals surface area (Å²) in [6.45, 7) is 7.93. The van der Waals surface area contributed by atoms with Gasteiger partial charge in [-0.25, -0.2) is 9.59 Å². The zero-order valence-corrected chi connectivity index (χ0v) is 13.7. The Bertz CT molecular complexity index is 287. The van der Waals surface area contributed by atoms with Crippen molar-refractivity contribution in [3.63, 3.8) is 0 Å². The van der Waals surface area contributed by atoms with Crippen molar-refractivity contribution in [1.29, 1.82) is 0 Å². The van der Waals surface area contributed by atoms with Crippen LogP contribution in [-0.4, -0.2) is 31.4 Å². The molecule has 0 aromatic carbocycles. The first-order chi connectivity index (χ1) is 8.29. The van der Waals surface area contributed by atoms with Gasteiger partial charge in [-0.15, -0.1) is 0 Å². The van der Waals surface area contributed by atoms with Crippen molar-refractivity contribution in [2.45, 2.75) is 46.6 Å². The summed E-state index contributed by atoms with van der Waals surface area (Å²) in [7, 11) is 0. The monoisotopic (exact) mass is 308 g/mol. The van der Waals surface area contributed by atoms with E-state index in [1.165, 1.54) is 0 Å². The van der Waals surface area contributed by atoms with E-state index in [0.29, 0.717) is 0 Å². The number of rotatable bonds is 7. The van der Waals surface area contributed by atoms with Gasteiger partial charge in [0.2, 0.25) is 0 Å². The zero-order chi connectivity index (χ0) is 14.2. The molecule has 0 aromatic rings. The molecule has 0 aliphatic rings. The Morgan fingerprint density at radius 2 is 1.79 bits per heavy atom. The minimum absolute atomic E-state index is 0. The van der Waals surface area contributed by atoms with Crippen molar-refractivity contribution < 1.29 is 40.8 Å². The van der Waals surface area contributed by atoms with Gasteiger partial charge in [0.05, 0.1) is 0 Å².